The second-order valence-corrected chi connectivity index (χ2v) is 8.96. The molecule has 1 aliphatic heterocycles. The van der Waals surface area contributed by atoms with Crippen LogP contribution < -0.4 is 10.1 Å². The average molecular weight is 418 g/mol. The van der Waals surface area contributed by atoms with Gasteiger partial charge in [0.1, 0.15) is 5.75 Å². The van der Waals surface area contributed by atoms with Gasteiger partial charge in [-0.1, -0.05) is 57.2 Å². The molecule has 0 spiro atoms. The van der Waals surface area contributed by atoms with Crippen molar-refractivity contribution in [1.82, 2.24) is 5.32 Å². The molecule has 0 saturated carbocycles. The van der Waals surface area contributed by atoms with Crippen molar-refractivity contribution in [1.29, 1.82) is 0 Å². The third-order valence-electron chi connectivity index (χ3n) is 6.37. The number of amides is 1. The standard InChI is InChI=1S/C27H31NO3/c1-4-13-31-22-11-9-19(10-12-22)21-14-24-27(25(29)15-21)23(16-26(30)28-24)20-7-5-18(6-8-20)17(2)3/h5-12,17,21,23H,4,13-16H2,1-3H3,(H,28,30). The molecule has 1 heterocycles. The van der Waals surface area contributed by atoms with Crippen molar-refractivity contribution in [2.24, 2.45) is 0 Å². The van der Waals surface area contributed by atoms with E-state index in [0.717, 1.165) is 34.6 Å². The fourth-order valence-electron chi connectivity index (χ4n) is 4.65. The molecule has 2 aromatic rings. The van der Waals surface area contributed by atoms with Crippen LogP contribution in [-0.4, -0.2) is 18.3 Å². The number of Topliss-reactive ketones (excluding diaryl/α,β-unsaturated/α-hetero) is 1. The molecule has 0 fully saturated rings. The van der Waals surface area contributed by atoms with Gasteiger partial charge in [0.2, 0.25) is 5.91 Å². The smallest absolute Gasteiger partial charge is 0.225 e. The number of rotatable bonds is 6. The second-order valence-electron chi connectivity index (χ2n) is 8.96. The van der Waals surface area contributed by atoms with E-state index in [4.69, 9.17) is 4.74 Å². The molecule has 0 aromatic heterocycles. The summed E-state index contributed by atoms with van der Waals surface area (Å²) in [5, 5.41) is 3.01. The van der Waals surface area contributed by atoms with Crippen molar-refractivity contribution < 1.29 is 14.3 Å². The van der Waals surface area contributed by atoms with Gasteiger partial charge in [0.15, 0.2) is 5.78 Å². The summed E-state index contributed by atoms with van der Waals surface area (Å²) in [4.78, 5) is 25.8. The molecule has 1 N–H and O–H groups in total. The number of allylic oxidation sites excluding steroid dienone is 2. The third kappa shape index (κ3) is 4.58. The normalized spacial score (nSPS) is 21.2. The largest absolute Gasteiger partial charge is 0.494 e. The van der Waals surface area contributed by atoms with E-state index < -0.39 is 0 Å². The van der Waals surface area contributed by atoms with Gasteiger partial charge in [0.25, 0.3) is 0 Å². The van der Waals surface area contributed by atoms with Crippen molar-refractivity contribution in [3.8, 4) is 5.75 Å². The van der Waals surface area contributed by atoms with Crippen LogP contribution in [0.3, 0.4) is 0 Å². The van der Waals surface area contributed by atoms with Crippen molar-refractivity contribution in [3.63, 3.8) is 0 Å². The second kappa shape index (κ2) is 9.09. The number of carbonyl (C=O) groups is 2. The summed E-state index contributed by atoms with van der Waals surface area (Å²) in [6.45, 7) is 7.11. The minimum absolute atomic E-state index is 0.00607. The molecule has 2 aromatic carbocycles. The van der Waals surface area contributed by atoms with Gasteiger partial charge in [0, 0.05) is 30.0 Å². The predicted molar refractivity (Wildman–Crippen MR) is 122 cm³/mol. The Bertz CT molecular complexity index is 986. The van der Waals surface area contributed by atoms with Crippen LogP contribution in [0.2, 0.25) is 0 Å². The van der Waals surface area contributed by atoms with Gasteiger partial charge >= 0.3 is 0 Å². The zero-order chi connectivity index (χ0) is 22.0. The van der Waals surface area contributed by atoms with E-state index in [2.05, 4.69) is 50.4 Å². The molecule has 4 rings (SSSR count). The quantitative estimate of drug-likeness (QED) is 0.665. The number of carbonyl (C=O) groups excluding carboxylic acids is 2. The molecule has 162 valence electrons. The molecule has 0 saturated heterocycles. The minimum atomic E-state index is -0.150. The van der Waals surface area contributed by atoms with E-state index in [1.54, 1.807) is 0 Å². The molecule has 31 heavy (non-hydrogen) atoms. The first-order valence-corrected chi connectivity index (χ1v) is 11.3. The lowest BCUT2D eigenvalue weighted by molar-refractivity contribution is -0.122. The van der Waals surface area contributed by atoms with Crippen molar-refractivity contribution in [3.05, 3.63) is 76.5 Å². The molecule has 0 bridgehead atoms. The Hall–Kier alpha value is -2.88. The lowest BCUT2D eigenvalue weighted by atomic mass is 9.73. The molecular formula is C27H31NO3. The molecule has 1 amide bonds. The summed E-state index contributed by atoms with van der Waals surface area (Å²) in [6.07, 6.45) is 2.46. The van der Waals surface area contributed by atoms with E-state index in [-0.39, 0.29) is 23.5 Å². The Morgan fingerprint density at radius 2 is 1.61 bits per heavy atom. The van der Waals surface area contributed by atoms with E-state index in [1.807, 2.05) is 24.3 Å². The molecule has 2 atom stereocenters. The van der Waals surface area contributed by atoms with Crippen LogP contribution in [-0.2, 0) is 9.59 Å². The van der Waals surface area contributed by atoms with Gasteiger partial charge in [-0.3, -0.25) is 9.59 Å². The van der Waals surface area contributed by atoms with Crippen molar-refractivity contribution in [2.75, 3.05) is 6.61 Å². The fourth-order valence-corrected chi connectivity index (χ4v) is 4.65. The molecule has 4 heteroatoms. The monoisotopic (exact) mass is 417 g/mol. The third-order valence-corrected chi connectivity index (χ3v) is 6.37. The first-order chi connectivity index (χ1) is 15.0. The number of hydrogen-bond acceptors (Lipinski definition) is 3. The SMILES string of the molecule is CCCOc1ccc(C2CC(=O)C3=C(C2)NC(=O)CC3c2ccc(C(C)C)cc2)cc1. The van der Waals surface area contributed by atoms with E-state index in [9.17, 15) is 9.59 Å². The zero-order valence-electron chi connectivity index (χ0n) is 18.6. The van der Waals surface area contributed by atoms with E-state index >= 15 is 0 Å². The van der Waals surface area contributed by atoms with Crippen LogP contribution >= 0.6 is 0 Å². The van der Waals surface area contributed by atoms with E-state index in [0.29, 0.717) is 31.8 Å². The molecule has 2 aliphatic rings. The van der Waals surface area contributed by atoms with Gasteiger partial charge in [-0.05, 0) is 53.5 Å². The number of ether oxygens (including phenoxy) is 1. The Kier molecular flexibility index (Phi) is 6.26. The molecule has 2 unspecified atom stereocenters. The average Bonchev–Trinajstić information content (AvgIpc) is 2.77. The highest BCUT2D eigenvalue weighted by Gasteiger charge is 2.38. The van der Waals surface area contributed by atoms with Crippen LogP contribution in [0.4, 0.5) is 0 Å². The number of nitrogens with one attached hydrogen (secondary N) is 1. The molecule has 4 nitrogen and oxygen atoms in total. The van der Waals surface area contributed by atoms with Crippen molar-refractivity contribution in [2.45, 2.75) is 64.2 Å². The zero-order valence-corrected chi connectivity index (χ0v) is 18.6. The maximum atomic E-state index is 13.3. The van der Waals surface area contributed by atoms with Crippen LogP contribution in [0.15, 0.2) is 59.8 Å². The van der Waals surface area contributed by atoms with Crippen LogP contribution in [0, 0.1) is 0 Å². The summed E-state index contributed by atoms with van der Waals surface area (Å²) in [6, 6.07) is 16.4. The van der Waals surface area contributed by atoms with Gasteiger partial charge in [-0.15, -0.1) is 0 Å². The summed E-state index contributed by atoms with van der Waals surface area (Å²) >= 11 is 0. The maximum absolute atomic E-state index is 13.3. The summed E-state index contributed by atoms with van der Waals surface area (Å²) in [5.41, 5.74) is 5.04. The fraction of sp³-hybridized carbons (Fsp3) is 0.407. The van der Waals surface area contributed by atoms with Crippen LogP contribution in [0.25, 0.3) is 0 Å². The highest BCUT2D eigenvalue weighted by Crippen LogP contribution is 2.42. The van der Waals surface area contributed by atoms with Crippen LogP contribution in [0.5, 0.6) is 5.75 Å². The minimum Gasteiger partial charge on any atom is -0.494 e. The van der Waals surface area contributed by atoms with Crippen LogP contribution in [0.1, 0.15) is 80.9 Å². The van der Waals surface area contributed by atoms with Gasteiger partial charge < -0.3 is 10.1 Å². The number of ketones is 1. The summed E-state index contributed by atoms with van der Waals surface area (Å²) in [7, 11) is 0. The first-order valence-electron chi connectivity index (χ1n) is 11.3. The highest BCUT2D eigenvalue weighted by atomic mass is 16.5. The highest BCUT2D eigenvalue weighted by molar-refractivity contribution is 6.02. The Labute approximate surface area is 184 Å². The maximum Gasteiger partial charge on any atom is 0.225 e. The topological polar surface area (TPSA) is 55.4 Å². The Balaban J connectivity index is 1.59. The molecule has 0 radical (unpaired) electrons. The lowest BCUT2D eigenvalue weighted by Gasteiger charge is -2.34. The molecular weight excluding hydrogens is 386 g/mol. The number of hydrogen-bond donors (Lipinski definition) is 1. The van der Waals surface area contributed by atoms with Gasteiger partial charge in [0.05, 0.1) is 6.61 Å². The van der Waals surface area contributed by atoms with Gasteiger partial charge in [-0.25, -0.2) is 0 Å². The molecule has 1 aliphatic carbocycles. The van der Waals surface area contributed by atoms with Gasteiger partial charge in [-0.2, -0.15) is 0 Å². The van der Waals surface area contributed by atoms with Crippen molar-refractivity contribution >= 4 is 11.7 Å². The summed E-state index contributed by atoms with van der Waals surface area (Å²) in [5.74, 6) is 1.37. The van der Waals surface area contributed by atoms with E-state index in [1.165, 1.54) is 5.56 Å². The Morgan fingerprint density at radius 3 is 2.26 bits per heavy atom. The summed E-state index contributed by atoms with van der Waals surface area (Å²) < 4.78 is 5.67. The number of benzene rings is 2. The lowest BCUT2D eigenvalue weighted by Crippen LogP contribution is -2.38. The first kappa shape index (κ1) is 21.4. The predicted octanol–water partition coefficient (Wildman–Crippen LogP) is 5.60. The Morgan fingerprint density at radius 1 is 0.935 bits per heavy atom.